The van der Waals surface area contributed by atoms with Crippen LogP contribution in [0.3, 0.4) is 0 Å². The van der Waals surface area contributed by atoms with Crippen LogP contribution in [0.15, 0.2) is 0 Å². The zero-order chi connectivity index (χ0) is 9.19. The zero-order valence-corrected chi connectivity index (χ0v) is 7.16. The molecule has 12 heavy (non-hydrogen) atoms. The molecule has 0 aromatic heterocycles. The Morgan fingerprint density at radius 2 is 1.75 bits per heavy atom. The molecule has 0 saturated carbocycles. The van der Waals surface area contributed by atoms with Crippen LogP contribution in [0.25, 0.3) is 0 Å². The van der Waals surface area contributed by atoms with Crippen molar-refractivity contribution in [3.63, 3.8) is 0 Å². The SMILES string of the molecule is FC(F)(F)C(Cl)C1CCOCC1. The van der Waals surface area contributed by atoms with Gasteiger partial charge >= 0.3 is 6.18 Å². The molecule has 1 aliphatic heterocycles. The molecular weight excluding hydrogens is 193 g/mol. The number of halogens is 4. The third-order valence-corrected chi connectivity index (χ3v) is 2.60. The third kappa shape index (κ3) is 2.52. The Labute approximate surface area is 73.8 Å². The normalized spacial score (nSPS) is 24.0. The van der Waals surface area contributed by atoms with Crippen LogP contribution in [0.4, 0.5) is 13.2 Å². The summed E-state index contributed by atoms with van der Waals surface area (Å²) in [6.07, 6.45) is -3.45. The monoisotopic (exact) mass is 202 g/mol. The van der Waals surface area contributed by atoms with Crippen molar-refractivity contribution in [2.45, 2.75) is 24.4 Å². The van der Waals surface area contributed by atoms with Crippen LogP contribution in [-0.4, -0.2) is 24.8 Å². The number of hydrogen-bond acceptors (Lipinski definition) is 1. The predicted octanol–water partition coefficient (Wildman–Crippen LogP) is 2.58. The molecule has 1 nitrogen and oxygen atoms in total. The molecule has 1 heterocycles. The Hall–Kier alpha value is 0.0400. The second-order valence-corrected chi connectivity index (χ2v) is 3.36. The fourth-order valence-electron chi connectivity index (χ4n) is 1.28. The molecule has 0 aliphatic carbocycles. The molecule has 0 aromatic rings. The van der Waals surface area contributed by atoms with Gasteiger partial charge < -0.3 is 4.74 Å². The van der Waals surface area contributed by atoms with E-state index in [1.807, 2.05) is 0 Å². The maximum absolute atomic E-state index is 12.1. The highest BCUT2D eigenvalue weighted by Crippen LogP contribution is 2.34. The standard InChI is InChI=1S/C7H10ClF3O/c8-6(7(9,10)11)5-1-3-12-4-2-5/h5-6H,1-4H2. The van der Waals surface area contributed by atoms with E-state index < -0.39 is 17.5 Å². The molecular formula is C7H10ClF3O. The lowest BCUT2D eigenvalue weighted by molar-refractivity contribution is -0.145. The number of rotatable bonds is 1. The molecule has 0 radical (unpaired) electrons. The molecule has 0 N–H and O–H groups in total. The summed E-state index contributed by atoms with van der Waals surface area (Å²) in [5.41, 5.74) is 0. The maximum Gasteiger partial charge on any atom is 0.405 e. The summed E-state index contributed by atoms with van der Waals surface area (Å²) in [6, 6.07) is 0. The molecule has 1 atom stereocenters. The molecule has 1 saturated heterocycles. The minimum absolute atomic E-state index is 0.393. The fraction of sp³-hybridized carbons (Fsp3) is 1.00. The first-order valence-corrected chi connectivity index (χ1v) is 4.24. The second-order valence-electron chi connectivity index (χ2n) is 2.89. The van der Waals surface area contributed by atoms with Gasteiger partial charge in [0.2, 0.25) is 0 Å². The Balaban J connectivity index is 2.45. The summed E-state index contributed by atoms with van der Waals surface area (Å²) >= 11 is 5.26. The Morgan fingerprint density at radius 1 is 1.25 bits per heavy atom. The first kappa shape index (κ1) is 10.1. The second kappa shape index (κ2) is 3.83. The molecule has 72 valence electrons. The predicted molar refractivity (Wildman–Crippen MR) is 39.2 cm³/mol. The summed E-state index contributed by atoms with van der Waals surface area (Å²) < 4.78 is 41.1. The van der Waals surface area contributed by atoms with E-state index in [9.17, 15) is 13.2 Å². The maximum atomic E-state index is 12.1. The van der Waals surface area contributed by atoms with Crippen LogP contribution in [0.2, 0.25) is 0 Å². The average molecular weight is 203 g/mol. The van der Waals surface area contributed by atoms with E-state index in [1.165, 1.54) is 0 Å². The smallest absolute Gasteiger partial charge is 0.381 e. The quantitative estimate of drug-likeness (QED) is 0.594. The van der Waals surface area contributed by atoms with Crippen molar-refractivity contribution in [1.82, 2.24) is 0 Å². The van der Waals surface area contributed by atoms with Gasteiger partial charge in [0, 0.05) is 13.2 Å². The summed E-state index contributed by atoms with van der Waals surface area (Å²) in [4.78, 5) is 0. The number of hydrogen-bond donors (Lipinski definition) is 0. The topological polar surface area (TPSA) is 9.23 Å². The number of ether oxygens (including phenoxy) is 1. The van der Waals surface area contributed by atoms with Gasteiger partial charge in [-0.05, 0) is 18.8 Å². The van der Waals surface area contributed by atoms with Crippen molar-refractivity contribution in [2.24, 2.45) is 5.92 Å². The van der Waals surface area contributed by atoms with Gasteiger partial charge in [-0.25, -0.2) is 0 Å². The van der Waals surface area contributed by atoms with E-state index in [-0.39, 0.29) is 0 Å². The van der Waals surface area contributed by atoms with Crippen molar-refractivity contribution in [1.29, 1.82) is 0 Å². The molecule has 0 amide bonds. The highest BCUT2D eigenvalue weighted by atomic mass is 35.5. The van der Waals surface area contributed by atoms with Gasteiger partial charge in [0.05, 0.1) is 0 Å². The van der Waals surface area contributed by atoms with Crippen LogP contribution in [0.5, 0.6) is 0 Å². The Bertz CT molecular complexity index is 142. The number of alkyl halides is 4. The average Bonchev–Trinajstić information content (AvgIpc) is 2.03. The Kier molecular flexibility index (Phi) is 3.23. The van der Waals surface area contributed by atoms with E-state index in [2.05, 4.69) is 0 Å². The van der Waals surface area contributed by atoms with Gasteiger partial charge in [-0.15, -0.1) is 11.6 Å². The van der Waals surface area contributed by atoms with Crippen LogP contribution < -0.4 is 0 Å². The van der Waals surface area contributed by atoms with E-state index in [0.717, 1.165) is 0 Å². The molecule has 1 rings (SSSR count). The summed E-state index contributed by atoms with van der Waals surface area (Å²) in [7, 11) is 0. The minimum atomic E-state index is -4.27. The molecule has 0 aromatic carbocycles. The molecule has 5 heteroatoms. The largest absolute Gasteiger partial charge is 0.405 e. The molecule has 0 bridgehead atoms. The van der Waals surface area contributed by atoms with E-state index in [0.29, 0.717) is 26.1 Å². The van der Waals surface area contributed by atoms with Gasteiger partial charge in [0.15, 0.2) is 0 Å². The van der Waals surface area contributed by atoms with Crippen LogP contribution in [0, 0.1) is 5.92 Å². The van der Waals surface area contributed by atoms with Crippen molar-refractivity contribution >= 4 is 11.6 Å². The van der Waals surface area contributed by atoms with Gasteiger partial charge in [-0.1, -0.05) is 0 Å². The lowest BCUT2D eigenvalue weighted by atomic mass is 9.96. The fourth-order valence-corrected chi connectivity index (χ4v) is 1.53. The van der Waals surface area contributed by atoms with Crippen molar-refractivity contribution in [2.75, 3.05) is 13.2 Å². The van der Waals surface area contributed by atoms with Crippen molar-refractivity contribution in [3.8, 4) is 0 Å². The molecule has 0 spiro atoms. The van der Waals surface area contributed by atoms with Crippen LogP contribution >= 0.6 is 11.6 Å². The van der Waals surface area contributed by atoms with Gasteiger partial charge in [-0.3, -0.25) is 0 Å². The van der Waals surface area contributed by atoms with E-state index in [4.69, 9.17) is 16.3 Å². The van der Waals surface area contributed by atoms with E-state index in [1.54, 1.807) is 0 Å². The lowest BCUT2D eigenvalue weighted by Crippen LogP contribution is -2.34. The molecule has 1 aliphatic rings. The molecule has 1 fully saturated rings. The van der Waals surface area contributed by atoms with E-state index >= 15 is 0 Å². The summed E-state index contributed by atoms with van der Waals surface area (Å²) in [6.45, 7) is 0.786. The summed E-state index contributed by atoms with van der Waals surface area (Å²) in [5.74, 6) is -0.472. The zero-order valence-electron chi connectivity index (χ0n) is 6.40. The minimum Gasteiger partial charge on any atom is -0.381 e. The Morgan fingerprint density at radius 3 is 2.17 bits per heavy atom. The van der Waals surface area contributed by atoms with Crippen molar-refractivity contribution < 1.29 is 17.9 Å². The van der Waals surface area contributed by atoms with Crippen molar-refractivity contribution in [3.05, 3.63) is 0 Å². The van der Waals surface area contributed by atoms with Gasteiger partial charge in [-0.2, -0.15) is 13.2 Å². The van der Waals surface area contributed by atoms with Crippen LogP contribution in [0.1, 0.15) is 12.8 Å². The molecule has 1 unspecified atom stereocenters. The highest BCUT2D eigenvalue weighted by Gasteiger charge is 2.43. The van der Waals surface area contributed by atoms with Crippen LogP contribution in [-0.2, 0) is 4.74 Å². The first-order chi connectivity index (χ1) is 5.52. The summed E-state index contributed by atoms with van der Waals surface area (Å²) in [5, 5.41) is -1.71. The van der Waals surface area contributed by atoms with Gasteiger partial charge in [0.1, 0.15) is 5.38 Å². The first-order valence-electron chi connectivity index (χ1n) is 3.80. The highest BCUT2D eigenvalue weighted by molar-refractivity contribution is 6.21. The van der Waals surface area contributed by atoms with Gasteiger partial charge in [0.25, 0.3) is 0 Å². The third-order valence-electron chi connectivity index (χ3n) is 1.99. The lowest BCUT2D eigenvalue weighted by Gasteiger charge is -2.27.